The zero-order valence-electron chi connectivity index (χ0n) is 6.31. The van der Waals surface area contributed by atoms with Crippen LogP contribution in [0.15, 0.2) is 18.6 Å². The lowest BCUT2D eigenvalue weighted by molar-refractivity contribution is 0.106. The molecule has 1 rings (SSSR count). The molecule has 1 aliphatic rings. The molecule has 0 heterocycles. The molecular weight excluding hydrogens is 124 g/mol. The summed E-state index contributed by atoms with van der Waals surface area (Å²) in [6.45, 7) is 3.44. The highest BCUT2D eigenvalue weighted by molar-refractivity contribution is 4.71. The van der Waals surface area contributed by atoms with Crippen molar-refractivity contribution in [3.63, 3.8) is 0 Å². The first-order valence-electron chi connectivity index (χ1n) is 3.93. The third-order valence-electron chi connectivity index (χ3n) is 1.90. The minimum absolute atomic E-state index is 0.447. The van der Waals surface area contributed by atoms with Crippen LogP contribution in [0.1, 0.15) is 32.1 Å². The van der Waals surface area contributed by atoms with Crippen molar-refractivity contribution >= 4 is 0 Å². The molecule has 0 spiro atoms. The van der Waals surface area contributed by atoms with Crippen molar-refractivity contribution in [2.45, 2.75) is 38.2 Å². The largest absolute Gasteiger partial charge is 0.490 e. The Kier molecular flexibility index (Phi) is 3.11. The second-order valence-corrected chi connectivity index (χ2v) is 2.72. The maximum atomic E-state index is 5.33. The van der Waals surface area contributed by atoms with Crippen LogP contribution in [0.2, 0.25) is 0 Å². The molecular formula is C9H14O. The van der Waals surface area contributed by atoms with Crippen molar-refractivity contribution in [3.05, 3.63) is 18.6 Å². The van der Waals surface area contributed by atoms with E-state index in [0.29, 0.717) is 6.10 Å². The van der Waals surface area contributed by atoms with Crippen molar-refractivity contribution in [2.75, 3.05) is 0 Å². The third kappa shape index (κ3) is 2.28. The van der Waals surface area contributed by atoms with Gasteiger partial charge in [0.1, 0.15) is 6.26 Å². The Morgan fingerprint density at radius 2 is 2.00 bits per heavy atom. The van der Waals surface area contributed by atoms with Gasteiger partial charge in [-0.1, -0.05) is 18.7 Å². The van der Waals surface area contributed by atoms with Crippen molar-refractivity contribution < 1.29 is 4.74 Å². The van der Waals surface area contributed by atoms with Crippen molar-refractivity contribution in [1.29, 1.82) is 0 Å². The van der Waals surface area contributed by atoms with E-state index < -0.39 is 0 Å². The fraction of sp³-hybridized carbons (Fsp3) is 0.667. The van der Waals surface area contributed by atoms with E-state index in [4.69, 9.17) is 4.74 Å². The second-order valence-electron chi connectivity index (χ2n) is 2.72. The van der Waals surface area contributed by atoms with Gasteiger partial charge in [0.15, 0.2) is 0 Å². The van der Waals surface area contributed by atoms with Crippen LogP contribution >= 0.6 is 0 Å². The molecule has 1 saturated carbocycles. The molecule has 0 amide bonds. The summed E-state index contributed by atoms with van der Waals surface area (Å²) < 4.78 is 5.33. The van der Waals surface area contributed by atoms with E-state index >= 15 is 0 Å². The highest BCUT2D eigenvalue weighted by Gasteiger charge is 2.12. The van der Waals surface area contributed by atoms with Gasteiger partial charge in [-0.3, -0.25) is 0 Å². The maximum Gasteiger partial charge on any atom is 0.125 e. The molecule has 0 aliphatic heterocycles. The second kappa shape index (κ2) is 4.19. The van der Waals surface area contributed by atoms with Crippen LogP contribution in [0, 0.1) is 0 Å². The average Bonchev–Trinajstić information content (AvgIpc) is 2.03. The summed E-state index contributed by atoms with van der Waals surface area (Å²) in [6.07, 6.45) is 8.44. The van der Waals surface area contributed by atoms with Crippen molar-refractivity contribution in [2.24, 2.45) is 0 Å². The zero-order valence-corrected chi connectivity index (χ0v) is 6.31. The Balaban J connectivity index is 2.19. The lowest BCUT2D eigenvalue weighted by Gasteiger charge is -2.20. The van der Waals surface area contributed by atoms with E-state index in [1.165, 1.54) is 32.1 Å². The molecule has 0 unspecified atom stereocenters. The van der Waals surface area contributed by atoms with E-state index in [1.807, 2.05) is 0 Å². The molecule has 56 valence electrons. The average molecular weight is 138 g/mol. The molecule has 0 aromatic heterocycles. The predicted molar refractivity (Wildman–Crippen MR) is 41.7 cm³/mol. The standard InChI is InChI=1S/C9H14O/c1-2-8-10-9-6-4-3-5-7-9/h8-9H,1,3-7H2. The normalized spacial score (nSPS) is 19.6. The molecule has 0 N–H and O–H groups in total. The lowest BCUT2D eigenvalue weighted by Crippen LogP contribution is -2.13. The Morgan fingerprint density at radius 3 is 2.60 bits per heavy atom. The summed E-state index contributed by atoms with van der Waals surface area (Å²) in [5.41, 5.74) is 2.62. The molecule has 0 aromatic carbocycles. The van der Waals surface area contributed by atoms with Gasteiger partial charge >= 0.3 is 0 Å². The van der Waals surface area contributed by atoms with Crippen LogP contribution in [0.5, 0.6) is 0 Å². The van der Waals surface area contributed by atoms with Crippen LogP contribution in [0.4, 0.5) is 0 Å². The molecule has 0 radical (unpaired) electrons. The van der Waals surface area contributed by atoms with E-state index in [0.717, 1.165) is 0 Å². The van der Waals surface area contributed by atoms with Crippen LogP contribution in [-0.4, -0.2) is 6.10 Å². The van der Waals surface area contributed by atoms with Crippen LogP contribution in [0.25, 0.3) is 0 Å². The van der Waals surface area contributed by atoms with Gasteiger partial charge in [0, 0.05) is 0 Å². The fourth-order valence-electron chi connectivity index (χ4n) is 1.35. The van der Waals surface area contributed by atoms with Gasteiger partial charge in [0.2, 0.25) is 0 Å². The lowest BCUT2D eigenvalue weighted by atomic mass is 9.98. The smallest absolute Gasteiger partial charge is 0.125 e. The van der Waals surface area contributed by atoms with Gasteiger partial charge in [-0.05, 0) is 25.7 Å². The van der Waals surface area contributed by atoms with Crippen LogP contribution < -0.4 is 0 Å². The fourth-order valence-corrected chi connectivity index (χ4v) is 1.35. The maximum absolute atomic E-state index is 5.33. The SMILES string of the molecule is C=C=COC1CCCCC1. The Hall–Kier alpha value is -0.680. The van der Waals surface area contributed by atoms with Gasteiger partial charge in [0.25, 0.3) is 0 Å². The van der Waals surface area contributed by atoms with Gasteiger partial charge in [-0.25, -0.2) is 0 Å². The molecule has 10 heavy (non-hydrogen) atoms. The Labute approximate surface area is 62.4 Å². The van der Waals surface area contributed by atoms with E-state index in [-0.39, 0.29) is 0 Å². The topological polar surface area (TPSA) is 9.23 Å². The molecule has 1 aliphatic carbocycles. The highest BCUT2D eigenvalue weighted by Crippen LogP contribution is 2.19. The monoisotopic (exact) mass is 138 g/mol. The summed E-state index contributed by atoms with van der Waals surface area (Å²) in [4.78, 5) is 0. The van der Waals surface area contributed by atoms with E-state index in [9.17, 15) is 0 Å². The number of hydrogen-bond acceptors (Lipinski definition) is 1. The predicted octanol–water partition coefficient (Wildman–Crippen LogP) is 2.63. The van der Waals surface area contributed by atoms with Gasteiger partial charge < -0.3 is 4.74 Å². The zero-order chi connectivity index (χ0) is 7.23. The summed E-state index contributed by atoms with van der Waals surface area (Å²) >= 11 is 0. The van der Waals surface area contributed by atoms with Gasteiger partial charge in [-0.2, -0.15) is 0 Å². The van der Waals surface area contributed by atoms with Crippen molar-refractivity contribution in [3.8, 4) is 0 Å². The molecule has 1 nitrogen and oxygen atoms in total. The first kappa shape index (κ1) is 7.43. The number of hydrogen-bond donors (Lipinski definition) is 0. The highest BCUT2D eigenvalue weighted by atomic mass is 16.5. The van der Waals surface area contributed by atoms with Crippen molar-refractivity contribution in [1.82, 2.24) is 0 Å². The van der Waals surface area contributed by atoms with Crippen LogP contribution in [-0.2, 0) is 4.74 Å². The number of ether oxygens (including phenoxy) is 1. The van der Waals surface area contributed by atoms with E-state index in [2.05, 4.69) is 12.3 Å². The quantitative estimate of drug-likeness (QED) is 0.421. The first-order chi connectivity index (χ1) is 4.93. The molecule has 1 heteroatoms. The van der Waals surface area contributed by atoms with Crippen LogP contribution in [0.3, 0.4) is 0 Å². The Morgan fingerprint density at radius 1 is 1.30 bits per heavy atom. The van der Waals surface area contributed by atoms with E-state index in [1.54, 1.807) is 6.26 Å². The summed E-state index contributed by atoms with van der Waals surface area (Å²) in [6, 6.07) is 0. The Bertz CT molecular complexity index is 128. The molecule has 0 atom stereocenters. The number of rotatable bonds is 2. The summed E-state index contributed by atoms with van der Waals surface area (Å²) in [7, 11) is 0. The van der Waals surface area contributed by atoms with Gasteiger partial charge in [-0.15, -0.1) is 0 Å². The summed E-state index contributed by atoms with van der Waals surface area (Å²) in [5.74, 6) is 0. The minimum atomic E-state index is 0.447. The third-order valence-corrected chi connectivity index (χ3v) is 1.90. The molecule has 0 saturated heterocycles. The molecule has 0 aromatic rings. The molecule has 0 bridgehead atoms. The minimum Gasteiger partial charge on any atom is -0.490 e. The molecule has 1 fully saturated rings. The summed E-state index contributed by atoms with van der Waals surface area (Å²) in [5, 5.41) is 0. The first-order valence-corrected chi connectivity index (χ1v) is 3.93. The van der Waals surface area contributed by atoms with Gasteiger partial charge in [0.05, 0.1) is 6.10 Å².